The molecule has 0 heterocycles. The second kappa shape index (κ2) is 6.71. The van der Waals surface area contributed by atoms with Gasteiger partial charge in [0.1, 0.15) is 0 Å². The number of hydrogen-bond acceptors (Lipinski definition) is 2. The highest BCUT2D eigenvalue weighted by Crippen LogP contribution is 2.03. The molecule has 0 aliphatic rings. The first kappa shape index (κ1) is 12.4. The molecule has 0 saturated heterocycles. The maximum absolute atomic E-state index is 11.2. The van der Waals surface area contributed by atoms with Crippen LogP contribution in [0.3, 0.4) is 0 Å². The summed E-state index contributed by atoms with van der Waals surface area (Å²) in [7, 11) is 3.47. The minimum absolute atomic E-state index is 0.0419. The topological polar surface area (TPSA) is 44.4 Å². The molecule has 0 aliphatic carbocycles. The molecule has 2 N–H and O–H groups in total. The second-order valence-corrected chi connectivity index (χ2v) is 3.77. The van der Waals surface area contributed by atoms with Crippen molar-refractivity contribution in [3.8, 4) is 0 Å². The first-order valence-electron chi connectivity index (χ1n) is 5.44. The molecular weight excluding hydrogens is 202 g/mol. The third kappa shape index (κ3) is 4.68. The fraction of sp³-hybridized carbons (Fsp3) is 0.417. The summed E-state index contributed by atoms with van der Waals surface area (Å²) in [6.07, 6.45) is 0.911. The van der Waals surface area contributed by atoms with E-state index >= 15 is 0 Å². The number of nitrogens with zero attached hydrogens (tertiary/aromatic N) is 1. The number of carbonyl (C=O) groups is 1. The minimum atomic E-state index is -0.0419. The largest absolute Gasteiger partial charge is 0.385 e. The van der Waals surface area contributed by atoms with Crippen LogP contribution in [0.1, 0.15) is 6.42 Å². The van der Waals surface area contributed by atoms with Gasteiger partial charge in [-0.1, -0.05) is 18.2 Å². The number of carbonyl (C=O) groups excluding carboxylic acids is 1. The van der Waals surface area contributed by atoms with Crippen LogP contribution in [0.15, 0.2) is 30.3 Å². The average Bonchev–Trinajstić information content (AvgIpc) is 2.29. The summed E-state index contributed by atoms with van der Waals surface area (Å²) in [5.74, 6) is 0. The number of amides is 2. The molecule has 0 spiro atoms. The van der Waals surface area contributed by atoms with Gasteiger partial charge in [0.2, 0.25) is 0 Å². The van der Waals surface area contributed by atoms with Crippen LogP contribution in [-0.2, 0) is 0 Å². The molecule has 1 aromatic rings. The van der Waals surface area contributed by atoms with Crippen molar-refractivity contribution in [2.75, 3.05) is 32.5 Å². The molecular formula is C12H19N3O. The molecule has 1 rings (SSSR count). The van der Waals surface area contributed by atoms with Gasteiger partial charge in [-0.15, -0.1) is 0 Å². The van der Waals surface area contributed by atoms with Gasteiger partial charge in [-0.3, -0.25) is 0 Å². The lowest BCUT2D eigenvalue weighted by Crippen LogP contribution is -2.35. The summed E-state index contributed by atoms with van der Waals surface area (Å²) < 4.78 is 0. The van der Waals surface area contributed by atoms with E-state index in [-0.39, 0.29) is 6.03 Å². The molecule has 0 radical (unpaired) electrons. The molecule has 0 atom stereocenters. The lowest BCUT2D eigenvalue weighted by atomic mass is 10.3. The number of para-hydroxylation sites is 1. The van der Waals surface area contributed by atoms with Gasteiger partial charge in [0.15, 0.2) is 0 Å². The Morgan fingerprint density at radius 1 is 1.19 bits per heavy atom. The highest BCUT2D eigenvalue weighted by atomic mass is 16.2. The lowest BCUT2D eigenvalue weighted by Gasteiger charge is -2.12. The van der Waals surface area contributed by atoms with Gasteiger partial charge in [0.25, 0.3) is 0 Å². The zero-order valence-electron chi connectivity index (χ0n) is 9.86. The molecule has 2 amide bonds. The fourth-order valence-electron chi connectivity index (χ4n) is 1.23. The van der Waals surface area contributed by atoms with Gasteiger partial charge in [-0.2, -0.15) is 0 Å². The fourth-order valence-corrected chi connectivity index (χ4v) is 1.23. The zero-order valence-corrected chi connectivity index (χ0v) is 9.86. The summed E-state index contributed by atoms with van der Waals surface area (Å²) >= 11 is 0. The van der Waals surface area contributed by atoms with E-state index in [4.69, 9.17) is 0 Å². The van der Waals surface area contributed by atoms with E-state index in [2.05, 4.69) is 10.6 Å². The highest BCUT2D eigenvalue weighted by molar-refractivity contribution is 5.73. The summed E-state index contributed by atoms with van der Waals surface area (Å²) in [5.41, 5.74) is 1.11. The van der Waals surface area contributed by atoms with Crippen LogP contribution < -0.4 is 10.6 Å². The Bertz CT molecular complexity index is 311. The Balaban J connectivity index is 2.07. The normalized spacial score (nSPS) is 9.62. The van der Waals surface area contributed by atoms with Crippen molar-refractivity contribution >= 4 is 11.7 Å². The van der Waals surface area contributed by atoms with E-state index in [9.17, 15) is 4.79 Å². The third-order valence-corrected chi connectivity index (χ3v) is 2.14. The van der Waals surface area contributed by atoms with Crippen molar-refractivity contribution in [3.63, 3.8) is 0 Å². The molecule has 0 saturated carbocycles. The predicted molar refractivity (Wildman–Crippen MR) is 66.6 cm³/mol. The molecule has 0 bridgehead atoms. The van der Waals surface area contributed by atoms with Gasteiger partial charge < -0.3 is 15.5 Å². The van der Waals surface area contributed by atoms with Crippen LogP contribution in [-0.4, -0.2) is 38.1 Å². The average molecular weight is 221 g/mol. The predicted octanol–water partition coefficient (Wildman–Crippen LogP) is 1.76. The Morgan fingerprint density at radius 2 is 1.88 bits per heavy atom. The quantitative estimate of drug-likeness (QED) is 0.744. The minimum Gasteiger partial charge on any atom is -0.385 e. The summed E-state index contributed by atoms with van der Waals surface area (Å²) in [5, 5.41) is 6.10. The Labute approximate surface area is 96.6 Å². The van der Waals surface area contributed by atoms with Crippen molar-refractivity contribution in [2.24, 2.45) is 0 Å². The smallest absolute Gasteiger partial charge is 0.316 e. The highest BCUT2D eigenvalue weighted by Gasteiger charge is 2.00. The van der Waals surface area contributed by atoms with E-state index in [1.54, 1.807) is 14.1 Å². The van der Waals surface area contributed by atoms with Crippen molar-refractivity contribution in [1.29, 1.82) is 0 Å². The maximum atomic E-state index is 11.2. The van der Waals surface area contributed by atoms with E-state index in [1.165, 1.54) is 4.90 Å². The van der Waals surface area contributed by atoms with E-state index < -0.39 is 0 Å². The Hall–Kier alpha value is -1.71. The summed E-state index contributed by atoms with van der Waals surface area (Å²) in [6, 6.07) is 9.99. The first-order valence-corrected chi connectivity index (χ1v) is 5.44. The third-order valence-electron chi connectivity index (χ3n) is 2.14. The number of rotatable bonds is 5. The van der Waals surface area contributed by atoms with Crippen molar-refractivity contribution < 1.29 is 4.79 Å². The molecule has 88 valence electrons. The molecule has 0 fully saturated rings. The number of nitrogens with one attached hydrogen (secondary N) is 2. The van der Waals surface area contributed by atoms with Crippen LogP contribution in [0.4, 0.5) is 10.5 Å². The Kier molecular flexibility index (Phi) is 5.19. The monoisotopic (exact) mass is 221 g/mol. The van der Waals surface area contributed by atoms with Crippen molar-refractivity contribution in [1.82, 2.24) is 10.2 Å². The summed E-state index contributed by atoms with van der Waals surface area (Å²) in [4.78, 5) is 12.7. The maximum Gasteiger partial charge on any atom is 0.316 e. The molecule has 4 heteroatoms. The van der Waals surface area contributed by atoms with Gasteiger partial charge >= 0.3 is 6.03 Å². The van der Waals surface area contributed by atoms with Crippen molar-refractivity contribution in [2.45, 2.75) is 6.42 Å². The van der Waals surface area contributed by atoms with Crippen molar-refractivity contribution in [3.05, 3.63) is 30.3 Å². The van der Waals surface area contributed by atoms with Gasteiger partial charge in [0.05, 0.1) is 0 Å². The Morgan fingerprint density at radius 3 is 2.50 bits per heavy atom. The zero-order chi connectivity index (χ0) is 11.8. The van der Waals surface area contributed by atoms with Gasteiger partial charge in [-0.05, 0) is 18.6 Å². The summed E-state index contributed by atoms with van der Waals surface area (Å²) in [6.45, 7) is 1.55. The van der Waals surface area contributed by atoms with Crippen LogP contribution >= 0.6 is 0 Å². The molecule has 4 nitrogen and oxygen atoms in total. The number of benzene rings is 1. The standard InChI is InChI=1S/C12H19N3O/c1-15(2)12(16)14-10-6-9-13-11-7-4-3-5-8-11/h3-5,7-8,13H,6,9-10H2,1-2H3,(H,14,16). The van der Waals surface area contributed by atoms with Crippen LogP contribution in [0.25, 0.3) is 0 Å². The number of hydrogen-bond donors (Lipinski definition) is 2. The number of urea groups is 1. The van der Waals surface area contributed by atoms with Crippen LogP contribution in [0.5, 0.6) is 0 Å². The molecule has 1 aromatic carbocycles. The van der Waals surface area contributed by atoms with E-state index in [1.807, 2.05) is 30.3 Å². The lowest BCUT2D eigenvalue weighted by molar-refractivity contribution is 0.217. The van der Waals surface area contributed by atoms with E-state index in [0.29, 0.717) is 6.54 Å². The number of anilines is 1. The second-order valence-electron chi connectivity index (χ2n) is 3.77. The first-order chi connectivity index (χ1) is 7.70. The van der Waals surface area contributed by atoms with Crippen LogP contribution in [0.2, 0.25) is 0 Å². The SMILES string of the molecule is CN(C)C(=O)NCCCNc1ccccc1. The van der Waals surface area contributed by atoms with Gasteiger partial charge in [-0.25, -0.2) is 4.79 Å². The molecule has 0 aromatic heterocycles. The van der Waals surface area contributed by atoms with E-state index in [0.717, 1.165) is 18.7 Å². The molecule has 0 unspecified atom stereocenters. The molecule has 0 aliphatic heterocycles. The van der Waals surface area contributed by atoms with Gasteiger partial charge in [0, 0.05) is 32.9 Å². The molecule has 16 heavy (non-hydrogen) atoms. The van der Waals surface area contributed by atoms with Crippen LogP contribution in [0, 0.1) is 0 Å².